The number of halogens is 10. The Bertz CT molecular complexity index is 1320. The average molecular weight is 620 g/mol. The Balaban J connectivity index is 1.68. The molecule has 1 N–H and O–H groups in total. The lowest BCUT2D eigenvalue weighted by Gasteiger charge is -2.29. The first-order chi connectivity index (χ1) is 16.6. The lowest BCUT2D eigenvalue weighted by Crippen LogP contribution is -2.50. The Morgan fingerprint density at radius 1 is 1.03 bits per heavy atom. The smallest absolute Gasteiger partial charge is 0.349 e. The molecule has 36 heavy (non-hydrogen) atoms. The molecule has 2 heterocycles. The number of pyridine rings is 1. The van der Waals surface area contributed by atoms with Crippen molar-refractivity contribution in [2.24, 2.45) is 0 Å². The molecule has 0 unspecified atom stereocenters. The third kappa shape index (κ3) is 4.80. The fourth-order valence-electron chi connectivity index (χ4n) is 3.18. The zero-order valence-corrected chi connectivity index (χ0v) is 20.6. The minimum absolute atomic E-state index is 0.0257. The van der Waals surface area contributed by atoms with E-state index < -0.39 is 34.5 Å². The molecule has 1 aliphatic rings. The van der Waals surface area contributed by atoms with Gasteiger partial charge < -0.3 is 5.32 Å². The van der Waals surface area contributed by atoms with Crippen LogP contribution in [0.15, 0.2) is 41.3 Å². The average Bonchev–Trinajstić information content (AvgIpc) is 3.46. The lowest BCUT2D eigenvalue weighted by atomic mass is 10.0. The van der Waals surface area contributed by atoms with Crippen molar-refractivity contribution in [1.82, 2.24) is 20.1 Å². The summed E-state index contributed by atoms with van der Waals surface area (Å²) in [6.45, 7) is 0. The molecule has 4 rings (SSSR count). The molecule has 0 saturated heterocycles. The molecule has 3 aromatic rings. The number of amides is 1. The fourth-order valence-corrected chi connectivity index (χ4v) is 4.43. The van der Waals surface area contributed by atoms with Crippen molar-refractivity contribution < 1.29 is 35.5 Å². The van der Waals surface area contributed by atoms with E-state index in [1.54, 1.807) is 0 Å². The number of hydrogen-bond donors (Lipinski definition) is 1. The lowest BCUT2D eigenvalue weighted by molar-refractivity contribution is -0.359. The summed E-state index contributed by atoms with van der Waals surface area (Å²) in [5, 5.41) is 6.22. The van der Waals surface area contributed by atoms with E-state index in [9.17, 15) is 35.5 Å². The van der Waals surface area contributed by atoms with Gasteiger partial charge >= 0.3 is 18.0 Å². The molecule has 0 aliphatic heterocycles. The first kappa shape index (κ1) is 26.7. The highest BCUT2D eigenvalue weighted by Gasteiger charge is 2.73. The Hall–Kier alpha value is -2.38. The van der Waals surface area contributed by atoms with Crippen LogP contribution < -0.4 is 5.32 Å². The van der Waals surface area contributed by atoms with Crippen LogP contribution in [0.2, 0.25) is 10.2 Å². The highest BCUT2D eigenvalue weighted by Crippen LogP contribution is 2.52. The van der Waals surface area contributed by atoms with E-state index in [2.05, 4.69) is 31.3 Å². The molecule has 0 radical (unpaired) electrons. The topological polar surface area (TPSA) is 59.8 Å². The minimum atomic E-state index is -6.49. The van der Waals surface area contributed by atoms with E-state index in [1.807, 2.05) is 0 Å². The van der Waals surface area contributed by atoms with Gasteiger partial charge in [-0.15, -0.1) is 0 Å². The second-order valence-electron chi connectivity index (χ2n) is 7.92. The van der Waals surface area contributed by atoms with Crippen LogP contribution in [0.4, 0.5) is 30.7 Å². The summed E-state index contributed by atoms with van der Waals surface area (Å²) in [6, 6.07) is 2.26. The maximum Gasteiger partial charge on any atom is 0.460 e. The molecule has 1 saturated carbocycles. The van der Waals surface area contributed by atoms with Gasteiger partial charge in [-0.1, -0.05) is 23.2 Å². The minimum Gasteiger partial charge on any atom is -0.349 e. The van der Waals surface area contributed by atoms with Crippen molar-refractivity contribution in [2.75, 3.05) is 0 Å². The van der Waals surface area contributed by atoms with E-state index >= 15 is 0 Å². The maximum absolute atomic E-state index is 14.1. The van der Waals surface area contributed by atoms with Gasteiger partial charge in [0.25, 0.3) is 5.91 Å². The van der Waals surface area contributed by atoms with Crippen molar-refractivity contribution in [3.8, 4) is 16.8 Å². The second kappa shape index (κ2) is 9.18. The van der Waals surface area contributed by atoms with Gasteiger partial charge in [-0.2, -0.15) is 35.8 Å². The molecule has 1 fully saturated rings. The summed E-state index contributed by atoms with van der Waals surface area (Å²) < 4.78 is 93.7. The SMILES string of the molecule is O=C(NC1CC1)c1cc(-c2cnn(-c3c(Cl)cc(C(F)(F)C(F)(F)C(F)(F)F)cc3Br)c2)cnc1Cl. The van der Waals surface area contributed by atoms with Crippen LogP contribution in [0.5, 0.6) is 0 Å². The van der Waals surface area contributed by atoms with E-state index in [-0.39, 0.29) is 26.9 Å². The quantitative estimate of drug-likeness (QED) is 0.235. The number of nitrogens with one attached hydrogen (secondary N) is 1. The summed E-state index contributed by atoms with van der Waals surface area (Å²) in [4.78, 5) is 16.4. The van der Waals surface area contributed by atoms with E-state index in [4.69, 9.17) is 23.2 Å². The Kier molecular flexibility index (Phi) is 6.80. The number of carbonyl (C=O) groups excluding carboxylic acids is 1. The standard InChI is InChI=1S/C21H12BrCl2F7N4O/c22-14-4-11(19(25,26)20(27,28)21(29,30)31)5-15(23)16(14)35-8-10(7-33-35)9-3-13(17(24)32-6-9)18(36)34-12-1-2-12/h3-8,12H,1-2H2,(H,34,36). The van der Waals surface area contributed by atoms with Crippen molar-refractivity contribution in [2.45, 2.75) is 36.9 Å². The van der Waals surface area contributed by atoms with Gasteiger partial charge in [0.1, 0.15) is 5.15 Å². The highest BCUT2D eigenvalue weighted by molar-refractivity contribution is 9.10. The molecule has 1 aromatic carbocycles. The largest absolute Gasteiger partial charge is 0.460 e. The van der Waals surface area contributed by atoms with Crippen molar-refractivity contribution in [1.29, 1.82) is 0 Å². The summed E-state index contributed by atoms with van der Waals surface area (Å²) in [7, 11) is 0. The predicted molar refractivity (Wildman–Crippen MR) is 120 cm³/mol. The second-order valence-corrected chi connectivity index (χ2v) is 9.54. The molecular weight excluding hydrogens is 608 g/mol. The van der Waals surface area contributed by atoms with Gasteiger partial charge in [-0.05, 0) is 47.0 Å². The fraction of sp³-hybridized carbons (Fsp3) is 0.286. The number of rotatable bonds is 6. The number of hydrogen-bond acceptors (Lipinski definition) is 3. The van der Waals surface area contributed by atoms with Gasteiger partial charge in [0.05, 0.1) is 22.5 Å². The molecule has 5 nitrogen and oxygen atoms in total. The predicted octanol–water partition coefficient (Wildman–Crippen LogP) is 7.19. The van der Waals surface area contributed by atoms with Crippen LogP contribution in [0.3, 0.4) is 0 Å². The van der Waals surface area contributed by atoms with Crippen LogP contribution in [0, 0.1) is 0 Å². The normalized spacial score (nSPS) is 14.7. The molecule has 192 valence electrons. The molecule has 0 bridgehead atoms. The Morgan fingerprint density at radius 2 is 1.69 bits per heavy atom. The van der Waals surface area contributed by atoms with Crippen LogP contribution in [0.25, 0.3) is 16.8 Å². The maximum atomic E-state index is 14.1. The summed E-state index contributed by atoms with van der Waals surface area (Å²) in [6.07, 6.45) is -0.740. The van der Waals surface area contributed by atoms with Gasteiger partial charge in [-0.25, -0.2) is 9.67 Å². The summed E-state index contributed by atoms with van der Waals surface area (Å²) in [5.74, 6) is -12.4. The van der Waals surface area contributed by atoms with Crippen molar-refractivity contribution in [3.05, 3.63) is 62.6 Å². The molecule has 1 amide bonds. The number of alkyl halides is 7. The van der Waals surface area contributed by atoms with Gasteiger partial charge in [0.15, 0.2) is 0 Å². The van der Waals surface area contributed by atoms with Crippen LogP contribution >= 0.6 is 39.1 Å². The first-order valence-corrected chi connectivity index (χ1v) is 11.5. The molecular formula is C21H12BrCl2F7N4O. The molecule has 0 atom stereocenters. The summed E-state index contributed by atoms with van der Waals surface area (Å²) >= 11 is 14.9. The first-order valence-electron chi connectivity index (χ1n) is 9.97. The van der Waals surface area contributed by atoms with E-state index in [0.29, 0.717) is 23.3 Å². The molecule has 0 spiro atoms. The van der Waals surface area contributed by atoms with Gasteiger partial charge in [0, 0.05) is 39.6 Å². The Morgan fingerprint density at radius 3 is 2.28 bits per heavy atom. The summed E-state index contributed by atoms with van der Waals surface area (Å²) in [5.41, 5.74) is -0.838. The monoisotopic (exact) mass is 618 g/mol. The number of benzene rings is 1. The van der Waals surface area contributed by atoms with Crippen molar-refractivity contribution >= 4 is 45.0 Å². The molecule has 15 heteroatoms. The zero-order chi connectivity index (χ0) is 26.6. The van der Waals surface area contributed by atoms with Crippen LogP contribution in [-0.2, 0) is 5.92 Å². The highest BCUT2D eigenvalue weighted by atomic mass is 79.9. The number of aromatic nitrogens is 3. The zero-order valence-electron chi connectivity index (χ0n) is 17.5. The van der Waals surface area contributed by atoms with E-state index in [0.717, 1.165) is 17.5 Å². The third-order valence-electron chi connectivity index (χ3n) is 5.27. The van der Waals surface area contributed by atoms with E-state index in [1.165, 1.54) is 24.7 Å². The molecule has 1 aliphatic carbocycles. The van der Waals surface area contributed by atoms with Gasteiger partial charge in [0.2, 0.25) is 0 Å². The number of carbonyl (C=O) groups is 1. The van der Waals surface area contributed by atoms with Crippen molar-refractivity contribution in [3.63, 3.8) is 0 Å². The Labute approximate surface area is 216 Å². The third-order valence-corrected chi connectivity index (χ3v) is 6.46. The number of nitrogens with zero attached hydrogens (tertiary/aromatic N) is 3. The van der Waals surface area contributed by atoms with Crippen LogP contribution in [-0.4, -0.2) is 38.8 Å². The molecule has 2 aromatic heterocycles. The van der Waals surface area contributed by atoms with Gasteiger partial charge in [-0.3, -0.25) is 4.79 Å². The van der Waals surface area contributed by atoms with Crippen LogP contribution in [0.1, 0.15) is 28.8 Å².